The Bertz CT molecular complexity index is 840. The van der Waals surface area contributed by atoms with Gasteiger partial charge >= 0.3 is 0 Å². The van der Waals surface area contributed by atoms with Crippen LogP contribution in [0.4, 0.5) is 0 Å². The molecular weight excluding hydrogens is 252 g/mol. The van der Waals surface area contributed by atoms with Crippen molar-refractivity contribution in [1.82, 2.24) is 0 Å². The first kappa shape index (κ1) is 12.4. The Balaban J connectivity index is 1.81. The normalized spacial score (nSPS) is 12.1. The summed E-state index contributed by atoms with van der Waals surface area (Å²) in [6.45, 7) is 4.32. The highest BCUT2D eigenvalue weighted by Gasteiger charge is 2.18. The van der Waals surface area contributed by atoms with Crippen LogP contribution in [0.1, 0.15) is 22.3 Å². The Hall–Kier alpha value is -2.34. The topological polar surface area (TPSA) is 0 Å². The predicted molar refractivity (Wildman–Crippen MR) is 89.6 cm³/mol. The highest BCUT2D eigenvalue weighted by molar-refractivity contribution is 5.80. The molecule has 0 spiro atoms. The minimum atomic E-state index is 1.06. The van der Waals surface area contributed by atoms with E-state index in [2.05, 4.69) is 74.5 Å². The Morgan fingerprint density at radius 1 is 0.619 bits per heavy atom. The lowest BCUT2D eigenvalue weighted by molar-refractivity contribution is 1.25. The Morgan fingerprint density at radius 3 is 2.10 bits per heavy atom. The number of fused-ring (bicyclic) bond motifs is 3. The summed E-state index contributed by atoms with van der Waals surface area (Å²) in [6.07, 6.45) is 1.06. The van der Waals surface area contributed by atoms with Crippen molar-refractivity contribution in [2.45, 2.75) is 20.3 Å². The molecule has 0 saturated carbocycles. The van der Waals surface area contributed by atoms with Crippen molar-refractivity contribution in [3.05, 3.63) is 82.9 Å². The minimum Gasteiger partial charge on any atom is -0.0614 e. The second-order valence-electron chi connectivity index (χ2n) is 6.08. The first-order valence-corrected chi connectivity index (χ1v) is 7.50. The molecule has 0 nitrogen and oxygen atoms in total. The number of hydrogen-bond donors (Lipinski definition) is 0. The maximum absolute atomic E-state index is 2.36. The quantitative estimate of drug-likeness (QED) is 0.426. The smallest absolute Gasteiger partial charge is 0.00131 e. The first-order chi connectivity index (χ1) is 10.2. The molecule has 0 heteroatoms. The fourth-order valence-corrected chi connectivity index (χ4v) is 3.34. The van der Waals surface area contributed by atoms with Gasteiger partial charge in [-0.15, -0.1) is 0 Å². The average molecular weight is 270 g/mol. The molecule has 0 saturated heterocycles. The zero-order valence-corrected chi connectivity index (χ0v) is 12.5. The van der Waals surface area contributed by atoms with Crippen molar-refractivity contribution in [3.8, 4) is 22.3 Å². The van der Waals surface area contributed by atoms with Gasteiger partial charge < -0.3 is 0 Å². The van der Waals surface area contributed by atoms with Gasteiger partial charge in [0.25, 0.3) is 0 Å². The molecule has 0 bridgehead atoms. The SMILES string of the molecule is Cc1cccc(-c2ccc3c(c2)Cc2cc(C)ccc2-3)c1. The van der Waals surface area contributed by atoms with E-state index < -0.39 is 0 Å². The number of aryl methyl sites for hydroxylation is 2. The second-order valence-corrected chi connectivity index (χ2v) is 6.08. The fourth-order valence-electron chi connectivity index (χ4n) is 3.34. The molecule has 1 aliphatic rings. The molecular formula is C21H18. The summed E-state index contributed by atoms with van der Waals surface area (Å²) in [4.78, 5) is 0. The van der Waals surface area contributed by atoms with E-state index >= 15 is 0 Å². The van der Waals surface area contributed by atoms with Crippen molar-refractivity contribution in [3.63, 3.8) is 0 Å². The molecule has 0 aromatic heterocycles. The molecule has 0 fully saturated rings. The molecule has 1 aliphatic carbocycles. The van der Waals surface area contributed by atoms with Gasteiger partial charge in [-0.05, 0) is 53.6 Å². The summed E-state index contributed by atoms with van der Waals surface area (Å²) in [5.41, 5.74) is 11.0. The average Bonchev–Trinajstić information content (AvgIpc) is 2.83. The number of rotatable bonds is 1. The van der Waals surface area contributed by atoms with Gasteiger partial charge in [0, 0.05) is 0 Å². The number of benzene rings is 3. The molecule has 0 radical (unpaired) electrons. The van der Waals surface area contributed by atoms with Crippen LogP contribution < -0.4 is 0 Å². The van der Waals surface area contributed by atoms with Crippen molar-refractivity contribution < 1.29 is 0 Å². The standard InChI is InChI=1S/C21H18/c1-14-4-3-5-16(10-14)17-7-9-21-19(12-17)13-18-11-15(2)6-8-20(18)21/h3-12H,13H2,1-2H3. The van der Waals surface area contributed by atoms with Gasteiger partial charge in [-0.25, -0.2) is 0 Å². The molecule has 0 N–H and O–H groups in total. The first-order valence-electron chi connectivity index (χ1n) is 7.50. The van der Waals surface area contributed by atoms with Crippen LogP contribution in [0, 0.1) is 13.8 Å². The van der Waals surface area contributed by atoms with E-state index in [-0.39, 0.29) is 0 Å². The highest BCUT2D eigenvalue weighted by Crippen LogP contribution is 2.39. The summed E-state index contributed by atoms with van der Waals surface area (Å²) in [7, 11) is 0. The summed E-state index contributed by atoms with van der Waals surface area (Å²) in [5, 5.41) is 0. The molecule has 0 atom stereocenters. The second kappa shape index (κ2) is 4.60. The van der Waals surface area contributed by atoms with Gasteiger partial charge in [0.1, 0.15) is 0 Å². The molecule has 0 amide bonds. The van der Waals surface area contributed by atoms with Crippen LogP contribution in [0.3, 0.4) is 0 Å². The highest BCUT2D eigenvalue weighted by atomic mass is 14.2. The predicted octanol–water partition coefficient (Wildman–Crippen LogP) is 5.54. The van der Waals surface area contributed by atoms with Crippen LogP contribution in [-0.4, -0.2) is 0 Å². The Morgan fingerprint density at radius 2 is 1.29 bits per heavy atom. The van der Waals surface area contributed by atoms with E-state index in [0.717, 1.165) is 6.42 Å². The summed E-state index contributed by atoms with van der Waals surface area (Å²) < 4.78 is 0. The summed E-state index contributed by atoms with van der Waals surface area (Å²) in [5.74, 6) is 0. The van der Waals surface area contributed by atoms with E-state index in [1.54, 1.807) is 0 Å². The van der Waals surface area contributed by atoms with Crippen LogP contribution in [0.15, 0.2) is 60.7 Å². The maximum Gasteiger partial charge on any atom is -0.00131 e. The van der Waals surface area contributed by atoms with Crippen LogP contribution in [-0.2, 0) is 6.42 Å². The van der Waals surface area contributed by atoms with Gasteiger partial charge in [-0.1, -0.05) is 71.8 Å². The van der Waals surface area contributed by atoms with E-state index in [0.29, 0.717) is 0 Å². The maximum atomic E-state index is 2.36. The molecule has 21 heavy (non-hydrogen) atoms. The van der Waals surface area contributed by atoms with Crippen molar-refractivity contribution in [2.24, 2.45) is 0 Å². The lowest BCUT2D eigenvalue weighted by Gasteiger charge is -2.06. The zero-order chi connectivity index (χ0) is 14.4. The van der Waals surface area contributed by atoms with Crippen molar-refractivity contribution >= 4 is 0 Å². The van der Waals surface area contributed by atoms with E-state index in [9.17, 15) is 0 Å². The van der Waals surface area contributed by atoms with E-state index in [1.807, 2.05) is 0 Å². The molecule has 3 aromatic rings. The van der Waals surface area contributed by atoms with Crippen molar-refractivity contribution in [2.75, 3.05) is 0 Å². The minimum absolute atomic E-state index is 1.06. The van der Waals surface area contributed by atoms with Crippen LogP contribution >= 0.6 is 0 Å². The van der Waals surface area contributed by atoms with Crippen LogP contribution in [0.25, 0.3) is 22.3 Å². The largest absolute Gasteiger partial charge is 0.0614 e. The lowest BCUT2D eigenvalue weighted by atomic mass is 9.98. The monoisotopic (exact) mass is 270 g/mol. The van der Waals surface area contributed by atoms with Crippen LogP contribution in [0.2, 0.25) is 0 Å². The van der Waals surface area contributed by atoms with Gasteiger partial charge in [0.2, 0.25) is 0 Å². The summed E-state index contributed by atoms with van der Waals surface area (Å²) >= 11 is 0. The van der Waals surface area contributed by atoms with Crippen LogP contribution in [0.5, 0.6) is 0 Å². The molecule has 0 aliphatic heterocycles. The Kier molecular flexibility index (Phi) is 2.71. The number of hydrogen-bond acceptors (Lipinski definition) is 0. The molecule has 102 valence electrons. The third kappa shape index (κ3) is 2.08. The third-order valence-corrected chi connectivity index (χ3v) is 4.39. The van der Waals surface area contributed by atoms with Crippen molar-refractivity contribution in [1.29, 1.82) is 0 Å². The summed E-state index contributed by atoms with van der Waals surface area (Å²) in [6, 6.07) is 22.4. The lowest BCUT2D eigenvalue weighted by Crippen LogP contribution is -1.84. The van der Waals surface area contributed by atoms with Gasteiger partial charge in [0.15, 0.2) is 0 Å². The molecule has 0 heterocycles. The Labute approximate surface area is 126 Å². The fraction of sp³-hybridized carbons (Fsp3) is 0.143. The molecule has 3 aromatic carbocycles. The van der Waals surface area contributed by atoms with Gasteiger partial charge in [0.05, 0.1) is 0 Å². The van der Waals surface area contributed by atoms with E-state index in [4.69, 9.17) is 0 Å². The van der Waals surface area contributed by atoms with E-state index in [1.165, 1.54) is 44.5 Å². The zero-order valence-electron chi connectivity index (χ0n) is 12.5. The molecule has 0 unspecified atom stereocenters. The molecule has 4 rings (SSSR count). The third-order valence-electron chi connectivity index (χ3n) is 4.39. The van der Waals surface area contributed by atoms with Gasteiger partial charge in [-0.3, -0.25) is 0 Å². The van der Waals surface area contributed by atoms with Gasteiger partial charge in [-0.2, -0.15) is 0 Å².